The lowest BCUT2D eigenvalue weighted by atomic mass is 9.94. The Balaban J connectivity index is 1.51. The Labute approximate surface area is 202 Å². The lowest BCUT2D eigenvalue weighted by Crippen LogP contribution is -2.31. The van der Waals surface area contributed by atoms with Crippen molar-refractivity contribution in [1.29, 1.82) is 0 Å². The number of halogens is 4. The summed E-state index contributed by atoms with van der Waals surface area (Å²) in [6.07, 6.45) is 5.15. The van der Waals surface area contributed by atoms with Crippen molar-refractivity contribution in [2.45, 2.75) is 32.0 Å². The van der Waals surface area contributed by atoms with E-state index in [0.717, 1.165) is 6.42 Å². The highest BCUT2D eigenvalue weighted by Crippen LogP contribution is 2.34. The molecule has 0 amide bonds. The van der Waals surface area contributed by atoms with E-state index >= 15 is 4.39 Å². The van der Waals surface area contributed by atoms with Crippen molar-refractivity contribution in [2.24, 2.45) is 0 Å². The standard InChI is InChI=1S/C28H26F4O3/c1-3-4-5-6-24-34-15-19(16-35-24)22-12-11-20(25(29)26(22)30)17-7-9-18(10-8-17)21-13-14-23(33-2)28(32)27(21)31/h3-4,7-14,19,24H,5-6,15-16H2,1-2H3/b4-3+. The number of ether oxygens (including phenoxy) is 3. The average molecular weight is 487 g/mol. The van der Waals surface area contributed by atoms with E-state index in [1.54, 1.807) is 0 Å². The topological polar surface area (TPSA) is 27.7 Å². The SMILES string of the molecule is C/C=C/CCC1OCC(c2ccc(-c3ccc(-c4ccc(OC)c(F)c4F)cc3)c(F)c2F)CO1. The Hall–Kier alpha value is -3.16. The molecule has 3 aromatic carbocycles. The fourth-order valence-corrected chi connectivity index (χ4v) is 4.13. The molecule has 0 aliphatic carbocycles. The Morgan fingerprint density at radius 2 is 1.37 bits per heavy atom. The van der Waals surface area contributed by atoms with Gasteiger partial charge in [-0.3, -0.25) is 0 Å². The molecule has 4 rings (SSSR count). The van der Waals surface area contributed by atoms with Crippen LogP contribution in [0.3, 0.4) is 0 Å². The zero-order valence-corrected chi connectivity index (χ0v) is 19.5. The number of rotatable bonds is 7. The number of hydrogen-bond donors (Lipinski definition) is 0. The Bertz CT molecular complexity index is 1200. The fourth-order valence-electron chi connectivity index (χ4n) is 4.13. The fraction of sp³-hybridized carbons (Fsp3) is 0.286. The molecule has 0 unspecified atom stereocenters. The molecule has 0 atom stereocenters. The van der Waals surface area contributed by atoms with E-state index in [4.69, 9.17) is 14.2 Å². The van der Waals surface area contributed by atoms with Crippen LogP contribution in [-0.4, -0.2) is 26.6 Å². The van der Waals surface area contributed by atoms with E-state index in [-0.39, 0.29) is 41.9 Å². The van der Waals surface area contributed by atoms with Crippen LogP contribution < -0.4 is 4.74 Å². The highest BCUT2D eigenvalue weighted by molar-refractivity contribution is 5.71. The molecule has 1 saturated heterocycles. The summed E-state index contributed by atoms with van der Waals surface area (Å²) >= 11 is 0. The van der Waals surface area contributed by atoms with Gasteiger partial charge in [0.25, 0.3) is 0 Å². The Morgan fingerprint density at radius 3 is 1.94 bits per heavy atom. The first kappa shape index (κ1) is 24.9. The molecule has 1 fully saturated rings. The predicted molar refractivity (Wildman–Crippen MR) is 126 cm³/mol. The van der Waals surface area contributed by atoms with Gasteiger partial charge in [-0.1, -0.05) is 48.6 Å². The average Bonchev–Trinajstić information content (AvgIpc) is 2.88. The van der Waals surface area contributed by atoms with Crippen molar-refractivity contribution in [3.63, 3.8) is 0 Å². The summed E-state index contributed by atoms with van der Waals surface area (Å²) in [6.45, 7) is 2.43. The smallest absolute Gasteiger partial charge is 0.201 e. The van der Waals surface area contributed by atoms with Crippen LogP contribution in [0.1, 0.15) is 31.2 Å². The molecular weight excluding hydrogens is 460 g/mol. The van der Waals surface area contributed by atoms with Crippen molar-refractivity contribution in [2.75, 3.05) is 20.3 Å². The second-order valence-electron chi connectivity index (χ2n) is 8.29. The van der Waals surface area contributed by atoms with Crippen LogP contribution in [0.25, 0.3) is 22.3 Å². The van der Waals surface area contributed by atoms with Crippen molar-refractivity contribution in [3.8, 4) is 28.0 Å². The number of methoxy groups -OCH3 is 1. The summed E-state index contributed by atoms with van der Waals surface area (Å²) in [5, 5.41) is 0. The van der Waals surface area contributed by atoms with Gasteiger partial charge >= 0.3 is 0 Å². The van der Waals surface area contributed by atoms with Gasteiger partial charge in [-0.2, -0.15) is 4.39 Å². The summed E-state index contributed by atoms with van der Waals surface area (Å²) in [6, 6.07) is 11.9. The van der Waals surface area contributed by atoms with E-state index in [1.165, 1.54) is 55.6 Å². The largest absolute Gasteiger partial charge is 0.494 e. The van der Waals surface area contributed by atoms with Crippen molar-refractivity contribution < 1.29 is 31.8 Å². The first-order valence-electron chi connectivity index (χ1n) is 11.4. The normalized spacial score (nSPS) is 18.2. The number of hydrogen-bond acceptors (Lipinski definition) is 3. The van der Waals surface area contributed by atoms with Gasteiger partial charge in [0, 0.05) is 23.5 Å². The van der Waals surface area contributed by atoms with E-state index in [1.807, 2.05) is 19.1 Å². The zero-order valence-electron chi connectivity index (χ0n) is 19.5. The van der Waals surface area contributed by atoms with E-state index < -0.39 is 29.2 Å². The molecule has 7 heteroatoms. The number of benzene rings is 3. The summed E-state index contributed by atoms with van der Waals surface area (Å²) < 4.78 is 74.6. The van der Waals surface area contributed by atoms with E-state index in [9.17, 15) is 13.2 Å². The lowest BCUT2D eigenvalue weighted by Gasteiger charge is -2.30. The third kappa shape index (κ3) is 5.26. The highest BCUT2D eigenvalue weighted by atomic mass is 19.2. The minimum atomic E-state index is -1.09. The third-order valence-corrected chi connectivity index (χ3v) is 6.10. The van der Waals surface area contributed by atoms with Gasteiger partial charge in [0.2, 0.25) is 5.82 Å². The molecule has 3 aromatic rings. The molecule has 1 heterocycles. The monoisotopic (exact) mass is 486 g/mol. The molecule has 1 aliphatic heterocycles. The first-order valence-corrected chi connectivity index (χ1v) is 11.4. The minimum absolute atomic E-state index is 0.0400. The van der Waals surface area contributed by atoms with Crippen LogP contribution >= 0.6 is 0 Å². The molecule has 1 aliphatic rings. The van der Waals surface area contributed by atoms with Gasteiger partial charge in [-0.25, -0.2) is 13.2 Å². The van der Waals surface area contributed by atoms with Gasteiger partial charge in [0.15, 0.2) is 29.5 Å². The minimum Gasteiger partial charge on any atom is -0.494 e. The summed E-state index contributed by atoms with van der Waals surface area (Å²) in [5.41, 5.74) is 1.11. The maximum Gasteiger partial charge on any atom is 0.201 e. The molecule has 0 spiro atoms. The highest BCUT2D eigenvalue weighted by Gasteiger charge is 2.27. The van der Waals surface area contributed by atoms with Crippen LogP contribution in [-0.2, 0) is 9.47 Å². The molecule has 0 saturated carbocycles. The predicted octanol–water partition coefficient (Wildman–Crippen LogP) is 7.40. The summed E-state index contributed by atoms with van der Waals surface area (Å²) in [7, 11) is 1.25. The molecule has 0 radical (unpaired) electrons. The van der Waals surface area contributed by atoms with Gasteiger partial charge in [0.05, 0.1) is 20.3 Å². The molecule has 3 nitrogen and oxygen atoms in total. The van der Waals surface area contributed by atoms with Gasteiger partial charge in [0.1, 0.15) is 0 Å². The second kappa shape index (κ2) is 11.1. The van der Waals surface area contributed by atoms with Crippen LogP contribution in [0, 0.1) is 23.3 Å². The third-order valence-electron chi connectivity index (χ3n) is 6.10. The Morgan fingerprint density at radius 1 is 0.800 bits per heavy atom. The van der Waals surface area contributed by atoms with Crippen molar-refractivity contribution >= 4 is 0 Å². The van der Waals surface area contributed by atoms with E-state index in [0.29, 0.717) is 17.5 Å². The van der Waals surface area contributed by atoms with Crippen LogP contribution in [0.5, 0.6) is 5.75 Å². The molecule has 184 valence electrons. The van der Waals surface area contributed by atoms with Gasteiger partial charge < -0.3 is 14.2 Å². The van der Waals surface area contributed by atoms with Gasteiger partial charge in [-0.15, -0.1) is 0 Å². The quantitative estimate of drug-likeness (QED) is 0.257. The molecular formula is C28H26F4O3. The zero-order chi connectivity index (χ0) is 24.9. The summed E-state index contributed by atoms with van der Waals surface area (Å²) in [5.74, 6) is -4.66. The van der Waals surface area contributed by atoms with Gasteiger partial charge in [-0.05, 0) is 42.2 Å². The van der Waals surface area contributed by atoms with Crippen molar-refractivity contribution in [1.82, 2.24) is 0 Å². The maximum absolute atomic E-state index is 15.0. The molecule has 0 N–H and O–H groups in total. The summed E-state index contributed by atoms with van der Waals surface area (Å²) in [4.78, 5) is 0. The Kier molecular flexibility index (Phi) is 7.88. The van der Waals surface area contributed by atoms with E-state index in [2.05, 4.69) is 0 Å². The molecule has 0 bridgehead atoms. The molecule has 35 heavy (non-hydrogen) atoms. The lowest BCUT2D eigenvalue weighted by molar-refractivity contribution is -0.189. The van der Waals surface area contributed by atoms with Crippen LogP contribution in [0.15, 0.2) is 60.7 Å². The van der Waals surface area contributed by atoms with Crippen molar-refractivity contribution in [3.05, 3.63) is 89.5 Å². The molecule has 0 aromatic heterocycles. The number of allylic oxidation sites excluding steroid dienone is 2. The maximum atomic E-state index is 15.0. The van der Waals surface area contributed by atoms with Crippen LogP contribution in [0.4, 0.5) is 17.6 Å². The first-order chi connectivity index (χ1) is 16.9. The second-order valence-corrected chi connectivity index (χ2v) is 8.29. The van der Waals surface area contributed by atoms with Crippen LogP contribution in [0.2, 0.25) is 0 Å².